The van der Waals surface area contributed by atoms with Gasteiger partial charge in [-0.3, -0.25) is 14.4 Å². The minimum atomic E-state index is -1.09. The summed E-state index contributed by atoms with van der Waals surface area (Å²) in [6, 6.07) is 3.72. The van der Waals surface area contributed by atoms with E-state index in [1.807, 2.05) is 0 Å². The van der Waals surface area contributed by atoms with Crippen molar-refractivity contribution >= 4 is 33.7 Å². The van der Waals surface area contributed by atoms with Gasteiger partial charge in [0.05, 0.1) is 5.56 Å². The average molecular weight is 375 g/mol. The van der Waals surface area contributed by atoms with Crippen LogP contribution in [-0.4, -0.2) is 47.4 Å². The molecule has 1 rings (SSSR count). The van der Waals surface area contributed by atoms with Crippen molar-refractivity contribution in [2.24, 2.45) is 0 Å². The Balaban J connectivity index is 2.52. The maximum absolute atomic E-state index is 13.1. The van der Waals surface area contributed by atoms with Gasteiger partial charge in [0.15, 0.2) is 0 Å². The van der Waals surface area contributed by atoms with Crippen molar-refractivity contribution in [3.05, 3.63) is 34.1 Å². The third-order valence-corrected chi connectivity index (χ3v) is 3.55. The molecule has 2 N–H and O–H groups in total. The second kappa shape index (κ2) is 8.47. The van der Waals surface area contributed by atoms with Gasteiger partial charge in [-0.2, -0.15) is 0 Å². The molecule has 0 heterocycles. The van der Waals surface area contributed by atoms with E-state index in [4.69, 9.17) is 5.11 Å². The highest BCUT2D eigenvalue weighted by molar-refractivity contribution is 9.10. The number of hydrogen-bond acceptors (Lipinski definition) is 3. The predicted octanol–water partition coefficient (Wildman–Crippen LogP) is 1.64. The van der Waals surface area contributed by atoms with Gasteiger partial charge in [-0.05, 0) is 41.1 Å². The van der Waals surface area contributed by atoms with Crippen molar-refractivity contribution in [3.8, 4) is 0 Å². The fourth-order valence-corrected chi connectivity index (χ4v) is 2.17. The second-order valence-corrected chi connectivity index (χ2v) is 5.29. The first kappa shape index (κ1) is 18.1. The summed E-state index contributed by atoms with van der Waals surface area (Å²) < 4.78 is 13.6. The van der Waals surface area contributed by atoms with Gasteiger partial charge >= 0.3 is 5.97 Å². The monoisotopic (exact) mass is 374 g/mol. The molecule has 8 heteroatoms. The van der Waals surface area contributed by atoms with Gasteiger partial charge in [-0.25, -0.2) is 4.39 Å². The first-order chi connectivity index (χ1) is 10.3. The zero-order valence-corrected chi connectivity index (χ0v) is 13.5. The lowest BCUT2D eigenvalue weighted by molar-refractivity contribution is -0.144. The number of benzene rings is 1. The average Bonchev–Trinajstić information content (AvgIpc) is 2.46. The zero-order chi connectivity index (χ0) is 16.7. The molecule has 0 aromatic heterocycles. The zero-order valence-electron chi connectivity index (χ0n) is 11.9. The van der Waals surface area contributed by atoms with E-state index < -0.39 is 17.7 Å². The van der Waals surface area contributed by atoms with Gasteiger partial charge < -0.3 is 15.3 Å². The molecule has 2 amide bonds. The smallest absolute Gasteiger partial charge is 0.323 e. The first-order valence-corrected chi connectivity index (χ1v) is 7.37. The fraction of sp³-hybridized carbons (Fsp3) is 0.357. The van der Waals surface area contributed by atoms with Gasteiger partial charge in [0.25, 0.3) is 5.91 Å². The van der Waals surface area contributed by atoms with Crippen LogP contribution in [0.5, 0.6) is 0 Å². The Kier molecular flexibility index (Phi) is 6.97. The number of carboxylic acid groups (broad SMARTS) is 1. The Morgan fingerprint density at radius 2 is 2.05 bits per heavy atom. The van der Waals surface area contributed by atoms with Gasteiger partial charge in [0.2, 0.25) is 5.91 Å². The van der Waals surface area contributed by atoms with Crippen LogP contribution in [0.1, 0.15) is 23.7 Å². The number of hydrogen-bond donors (Lipinski definition) is 2. The molecular weight excluding hydrogens is 359 g/mol. The van der Waals surface area contributed by atoms with Gasteiger partial charge in [0, 0.05) is 24.0 Å². The van der Waals surface area contributed by atoms with E-state index in [1.165, 1.54) is 17.0 Å². The van der Waals surface area contributed by atoms with Crippen molar-refractivity contribution in [1.29, 1.82) is 0 Å². The van der Waals surface area contributed by atoms with Crippen LogP contribution in [0.3, 0.4) is 0 Å². The van der Waals surface area contributed by atoms with Crippen LogP contribution in [0.15, 0.2) is 22.7 Å². The molecule has 0 bridgehead atoms. The van der Waals surface area contributed by atoms with Crippen molar-refractivity contribution in [2.75, 3.05) is 19.6 Å². The number of amides is 2. The van der Waals surface area contributed by atoms with Crippen LogP contribution < -0.4 is 5.32 Å². The largest absolute Gasteiger partial charge is 0.480 e. The van der Waals surface area contributed by atoms with Crippen molar-refractivity contribution in [1.82, 2.24) is 10.2 Å². The highest BCUT2D eigenvalue weighted by atomic mass is 79.9. The summed E-state index contributed by atoms with van der Waals surface area (Å²) in [6.45, 7) is 1.60. The minimum Gasteiger partial charge on any atom is -0.480 e. The molecule has 0 unspecified atom stereocenters. The summed E-state index contributed by atoms with van der Waals surface area (Å²) in [6.07, 6.45) is -0.0280. The third kappa shape index (κ3) is 5.44. The Bertz CT molecular complexity index is 580. The molecule has 0 saturated carbocycles. The molecule has 0 aliphatic heterocycles. The van der Waals surface area contributed by atoms with Gasteiger partial charge in [-0.1, -0.05) is 0 Å². The van der Waals surface area contributed by atoms with Crippen molar-refractivity contribution in [2.45, 2.75) is 13.3 Å². The summed E-state index contributed by atoms with van der Waals surface area (Å²) in [5.74, 6) is -2.52. The molecule has 0 radical (unpaired) electrons. The molecule has 0 aliphatic rings. The number of rotatable bonds is 7. The van der Waals surface area contributed by atoms with E-state index >= 15 is 0 Å². The molecule has 0 fully saturated rings. The standard InChI is InChI=1S/C14H16BrFN2O4/c1-2-18(8-13(20)21)12(19)5-6-17-14(22)10-7-9(16)3-4-11(10)15/h3-4,7H,2,5-6,8H2,1H3,(H,17,22)(H,20,21). The number of carboxylic acids is 1. The van der Waals surface area contributed by atoms with E-state index in [0.29, 0.717) is 4.47 Å². The molecule has 6 nitrogen and oxygen atoms in total. The topological polar surface area (TPSA) is 86.7 Å². The summed E-state index contributed by atoms with van der Waals surface area (Å²) in [7, 11) is 0. The predicted molar refractivity (Wildman–Crippen MR) is 80.9 cm³/mol. The first-order valence-electron chi connectivity index (χ1n) is 6.58. The van der Waals surface area contributed by atoms with Crippen molar-refractivity contribution in [3.63, 3.8) is 0 Å². The number of carbonyl (C=O) groups excluding carboxylic acids is 2. The lowest BCUT2D eigenvalue weighted by Gasteiger charge is -2.18. The maximum atomic E-state index is 13.1. The number of nitrogens with zero attached hydrogens (tertiary/aromatic N) is 1. The molecule has 1 aromatic rings. The number of halogens is 2. The van der Waals surface area contributed by atoms with Crippen LogP contribution in [0.4, 0.5) is 4.39 Å². The SMILES string of the molecule is CCN(CC(=O)O)C(=O)CCNC(=O)c1cc(F)ccc1Br. The number of carbonyl (C=O) groups is 3. The van der Waals surface area contributed by atoms with Crippen LogP contribution in [-0.2, 0) is 9.59 Å². The van der Waals surface area contributed by atoms with Crippen LogP contribution in [0.2, 0.25) is 0 Å². The summed E-state index contributed by atoms with van der Waals surface area (Å²) in [5, 5.41) is 11.2. The lowest BCUT2D eigenvalue weighted by Crippen LogP contribution is -2.37. The van der Waals surface area contributed by atoms with E-state index in [9.17, 15) is 18.8 Å². The molecule has 0 spiro atoms. The molecule has 0 saturated heterocycles. The minimum absolute atomic E-state index is 0.0280. The molecule has 0 aliphatic carbocycles. The number of likely N-dealkylation sites (N-methyl/N-ethyl adjacent to an activating group) is 1. The van der Waals surface area contributed by atoms with E-state index in [0.717, 1.165) is 6.07 Å². The summed E-state index contributed by atoms with van der Waals surface area (Å²) in [5.41, 5.74) is 0.130. The quantitative estimate of drug-likeness (QED) is 0.759. The maximum Gasteiger partial charge on any atom is 0.323 e. The molecular formula is C14H16BrFN2O4. The Labute approximate surface area is 135 Å². The summed E-state index contributed by atoms with van der Waals surface area (Å²) >= 11 is 3.15. The third-order valence-electron chi connectivity index (χ3n) is 2.86. The highest BCUT2D eigenvalue weighted by Crippen LogP contribution is 2.17. The number of aliphatic carboxylic acids is 1. The van der Waals surface area contributed by atoms with E-state index in [2.05, 4.69) is 21.2 Å². The van der Waals surface area contributed by atoms with E-state index in [-0.39, 0.29) is 37.5 Å². The molecule has 1 aromatic carbocycles. The fourth-order valence-electron chi connectivity index (χ4n) is 1.75. The normalized spacial score (nSPS) is 10.1. The molecule has 22 heavy (non-hydrogen) atoms. The van der Waals surface area contributed by atoms with Crippen LogP contribution in [0.25, 0.3) is 0 Å². The van der Waals surface area contributed by atoms with Gasteiger partial charge in [0.1, 0.15) is 12.4 Å². The van der Waals surface area contributed by atoms with Gasteiger partial charge in [-0.15, -0.1) is 0 Å². The van der Waals surface area contributed by atoms with Crippen LogP contribution >= 0.6 is 15.9 Å². The van der Waals surface area contributed by atoms with Crippen molar-refractivity contribution < 1.29 is 23.9 Å². The number of nitrogens with one attached hydrogen (secondary N) is 1. The summed E-state index contributed by atoms with van der Waals surface area (Å²) in [4.78, 5) is 35.5. The molecule has 120 valence electrons. The Morgan fingerprint density at radius 1 is 1.36 bits per heavy atom. The highest BCUT2D eigenvalue weighted by Gasteiger charge is 2.16. The second-order valence-electron chi connectivity index (χ2n) is 4.43. The lowest BCUT2D eigenvalue weighted by atomic mass is 10.2. The van der Waals surface area contributed by atoms with E-state index in [1.54, 1.807) is 6.92 Å². The molecule has 0 atom stereocenters. The Hall–Kier alpha value is -1.96. The Morgan fingerprint density at radius 3 is 2.64 bits per heavy atom. The van der Waals surface area contributed by atoms with Crippen LogP contribution in [0, 0.1) is 5.82 Å².